The maximum atomic E-state index is 12.0. The Bertz CT molecular complexity index is 730. The number of allylic oxidation sites excluding steroid dienone is 3. The van der Waals surface area contributed by atoms with Crippen molar-refractivity contribution < 1.29 is 9.53 Å². The van der Waals surface area contributed by atoms with Crippen LogP contribution in [0.5, 0.6) is 0 Å². The van der Waals surface area contributed by atoms with Crippen LogP contribution in [0.15, 0.2) is 41.0 Å². The van der Waals surface area contributed by atoms with E-state index in [2.05, 4.69) is 0 Å². The maximum absolute atomic E-state index is 12.0. The molecule has 108 valence electrons. The van der Waals surface area contributed by atoms with Crippen LogP contribution in [0.4, 0.5) is 0 Å². The smallest absolute Gasteiger partial charge is 0.205 e. The molecule has 21 heavy (non-hydrogen) atoms. The number of nitrogens with zero attached hydrogens (tertiary/aromatic N) is 1. The van der Waals surface area contributed by atoms with Crippen LogP contribution in [0.1, 0.15) is 25.3 Å². The summed E-state index contributed by atoms with van der Waals surface area (Å²) in [6.45, 7) is 3.05. The molecule has 0 saturated carbocycles. The largest absolute Gasteiger partial charge is 0.445 e. The van der Waals surface area contributed by atoms with Gasteiger partial charge < -0.3 is 10.5 Å². The van der Waals surface area contributed by atoms with Gasteiger partial charge in [-0.15, -0.1) is 0 Å². The number of hydrogen-bond donors (Lipinski definition) is 1. The van der Waals surface area contributed by atoms with E-state index in [9.17, 15) is 10.1 Å². The molecule has 2 rings (SSSR count). The summed E-state index contributed by atoms with van der Waals surface area (Å²) in [4.78, 5) is 12.0. The number of ether oxygens (including phenoxy) is 1. The lowest BCUT2D eigenvalue weighted by molar-refractivity contribution is -0.114. The van der Waals surface area contributed by atoms with Crippen molar-refractivity contribution in [2.75, 3.05) is 0 Å². The molecular formula is C15H12Cl2N2O2. The van der Waals surface area contributed by atoms with E-state index in [1.807, 2.05) is 6.07 Å². The molecule has 1 aromatic rings. The second-order valence-electron chi connectivity index (χ2n) is 4.62. The first-order chi connectivity index (χ1) is 9.86. The minimum Gasteiger partial charge on any atom is -0.445 e. The predicted molar refractivity (Wildman–Crippen MR) is 80.5 cm³/mol. The van der Waals surface area contributed by atoms with E-state index in [4.69, 9.17) is 33.7 Å². The topological polar surface area (TPSA) is 76.1 Å². The van der Waals surface area contributed by atoms with Crippen molar-refractivity contribution >= 4 is 29.0 Å². The number of ketones is 1. The van der Waals surface area contributed by atoms with Crippen molar-refractivity contribution in [3.05, 3.63) is 56.6 Å². The van der Waals surface area contributed by atoms with Crippen molar-refractivity contribution in [3.63, 3.8) is 0 Å². The van der Waals surface area contributed by atoms with Crippen LogP contribution in [0, 0.1) is 11.3 Å². The summed E-state index contributed by atoms with van der Waals surface area (Å²) in [5.41, 5.74) is 6.89. The number of halogens is 2. The van der Waals surface area contributed by atoms with Gasteiger partial charge in [0.05, 0.1) is 5.92 Å². The molecule has 0 fully saturated rings. The molecule has 0 radical (unpaired) electrons. The van der Waals surface area contributed by atoms with Crippen molar-refractivity contribution in [1.29, 1.82) is 5.26 Å². The molecule has 4 nitrogen and oxygen atoms in total. The third-order valence-corrected chi connectivity index (χ3v) is 3.82. The highest BCUT2D eigenvalue weighted by Gasteiger charge is 2.34. The van der Waals surface area contributed by atoms with Crippen LogP contribution >= 0.6 is 23.2 Å². The molecule has 0 amide bonds. The van der Waals surface area contributed by atoms with Crippen LogP contribution in [0.2, 0.25) is 10.0 Å². The number of nitrogens with two attached hydrogens (primary N) is 1. The quantitative estimate of drug-likeness (QED) is 0.901. The number of nitriles is 1. The zero-order valence-corrected chi connectivity index (χ0v) is 12.9. The van der Waals surface area contributed by atoms with Gasteiger partial charge in [-0.2, -0.15) is 5.26 Å². The summed E-state index contributed by atoms with van der Waals surface area (Å²) in [5.74, 6) is -0.499. The Labute approximate surface area is 132 Å². The molecule has 0 saturated heterocycles. The molecule has 1 aliphatic rings. The fourth-order valence-corrected chi connectivity index (χ4v) is 2.90. The first-order valence-electron chi connectivity index (χ1n) is 6.11. The second kappa shape index (κ2) is 5.80. The Balaban J connectivity index is 2.72. The molecule has 2 N–H and O–H groups in total. The van der Waals surface area contributed by atoms with Gasteiger partial charge in [0.2, 0.25) is 5.88 Å². The van der Waals surface area contributed by atoms with E-state index in [0.717, 1.165) is 0 Å². The number of rotatable bonds is 2. The van der Waals surface area contributed by atoms with Gasteiger partial charge in [-0.25, -0.2) is 0 Å². The SMILES string of the molecule is CC(=O)C1=C(C)OC(N)=C(C#N)[C@H]1c1ccc(Cl)cc1Cl. The van der Waals surface area contributed by atoms with E-state index >= 15 is 0 Å². The normalized spacial score (nSPS) is 18.3. The Morgan fingerprint density at radius 1 is 1.43 bits per heavy atom. The Morgan fingerprint density at radius 3 is 2.62 bits per heavy atom. The third-order valence-electron chi connectivity index (χ3n) is 3.26. The monoisotopic (exact) mass is 322 g/mol. The van der Waals surface area contributed by atoms with Crippen molar-refractivity contribution in [1.82, 2.24) is 0 Å². The summed E-state index contributed by atoms with van der Waals surface area (Å²) >= 11 is 12.1. The Morgan fingerprint density at radius 2 is 2.10 bits per heavy atom. The molecule has 1 aromatic carbocycles. The average molecular weight is 323 g/mol. The van der Waals surface area contributed by atoms with Crippen LogP contribution < -0.4 is 5.73 Å². The standard InChI is InChI=1S/C15H12Cl2N2O2/c1-7(20)13-8(2)21-15(19)11(6-18)14(13)10-4-3-9(16)5-12(10)17/h3-5,14H,19H2,1-2H3/t14-/m1/s1. The highest BCUT2D eigenvalue weighted by Crippen LogP contribution is 2.42. The number of Topliss-reactive ketones (excluding diaryl/α,β-unsaturated/α-hetero) is 1. The highest BCUT2D eigenvalue weighted by molar-refractivity contribution is 6.35. The lowest BCUT2D eigenvalue weighted by Crippen LogP contribution is -2.23. The summed E-state index contributed by atoms with van der Waals surface area (Å²) in [7, 11) is 0. The van der Waals surface area contributed by atoms with Crippen LogP contribution in [0.3, 0.4) is 0 Å². The van der Waals surface area contributed by atoms with Gasteiger partial charge in [-0.05, 0) is 31.5 Å². The van der Waals surface area contributed by atoms with Gasteiger partial charge in [0.15, 0.2) is 5.78 Å². The van der Waals surface area contributed by atoms with E-state index in [0.29, 0.717) is 26.9 Å². The third kappa shape index (κ3) is 2.76. The molecule has 0 aromatic heterocycles. The lowest BCUT2D eigenvalue weighted by Gasteiger charge is -2.27. The summed E-state index contributed by atoms with van der Waals surface area (Å²) in [5, 5.41) is 10.2. The van der Waals surface area contributed by atoms with Gasteiger partial charge in [-0.3, -0.25) is 4.79 Å². The zero-order chi connectivity index (χ0) is 15.7. The first kappa shape index (κ1) is 15.4. The van der Waals surface area contributed by atoms with Gasteiger partial charge in [0, 0.05) is 15.6 Å². The summed E-state index contributed by atoms with van der Waals surface area (Å²) < 4.78 is 5.30. The number of carbonyl (C=O) groups excluding carboxylic acids is 1. The summed E-state index contributed by atoms with van der Waals surface area (Å²) in [6, 6.07) is 6.89. The van der Waals surface area contributed by atoms with Crippen molar-refractivity contribution in [2.45, 2.75) is 19.8 Å². The molecule has 1 aliphatic heterocycles. The first-order valence-corrected chi connectivity index (χ1v) is 6.86. The maximum Gasteiger partial charge on any atom is 0.205 e. The second-order valence-corrected chi connectivity index (χ2v) is 5.46. The van der Waals surface area contributed by atoms with E-state index in [1.54, 1.807) is 25.1 Å². The minimum absolute atomic E-state index is 0.0176. The number of carbonyl (C=O) groups is 1. The minimum atomic E-state index is -0.647. The Kier molecular flexibility index (Phi) is 4.26. The van der Waals surface area contributed by atoms with Gasteiger partial charge in [0.25, 0.3) is 0 Å². The predicted octanol–water partition coefficient (Wildman–Crippen LogP) is 3.66. The Hall–Kier alpha value is -1.96. The zero-order valence-electron chi connectivity index (χ0n) is 11.4. The molecular weight excluding hydrogens is 311 g/mol. The molecule has 6 heteroatoms. The number of hydrogen-bond acceptors (Lipinski definition) is 4. The van der Waals surface area contributed by atoms with E-state index in [-0.39, 0.29) is 17.2 Å². The summed E-state index contributed by atoms with van der Waals surface area (Å²) in [6.07, 6.45) is 0. The van der Waals surface area contributed by atoms with E-state index < -0.39 is 5.92 Å². The lowest BCUT2D eigenvalue weighted by atomic mass is 9.81. The average Bonchev–Trinajstić information content (AvgIpc) is 2.37. The van der Waals surface area contributed by atoms with Crippen LogP contribution in [-0.2, 0) is 9.53 Å². The van der Waals surface area contributed by atoms with Gasteiger partial charge in [-0.1, -0.05) is 29.3 Å². The molecule has 0 spiro atoms. The van der Waals surface area contributed by atoms with E-state index in [1.165, 1.54) is 6.92 Å². The fourth-order valence-electron chi connectivity index (χ4n) is 2.38. The molecule has 0 unspecified atom stereocenters. The molecule has 1 heterocycles. The van der Waals surface area contributed by atoms with Crippen molar-refractivity contribution in [3.8, 4) is 6.07 Å². The van der Waals surface area contributed by atoms with Gasteiger partial charge >= 0.3 is 0 Å². The van der Waals surface area contributed by atoms with Gasteiger partial charge in [0.1, 0.15) is 17.4 Å². The van der Waals surface area contributed by atoms with Crippen LogP contribution in [-0.4, -0.2) is 5.78 Å². The van der Waals surface area contributed by atoms with Crippen molar-refractivity contribution in [2.24, 2.45) is 5.73 Å². The number of benzene rings is 1. The highest BCUT2D eigenvalue weighted by atomic mass is 35.5. The fraction of sp³-hybridized carbons (Fsp3) is 0.200. The molecule has 0 bridgehead atoms. The van der Waals surface area contributed by atoms with Crippen LogP contribution in [0.25, 0.3) is 0 Å². The molecule has 1 atom stereocenters. The molecule has 0 aliphatic carbocycles.